The van der Waals surface area contributed by atoms with Crippen molar-refractivity contribution in [2.45, 2.75) is 58.8 Å². The van der Waals surface area contributed by atoms with Crippen LogP contribution in [-0.2, 0) is 19.1 Å². The molecule has 0 fully saturated rings. The van der Waals surface area contributed by atoms with Crippen LogP contribution in [0.3, 0.4) is 0 Å². The van der Waals surface area contributed by atoms with Crippen LogP contribution < -0.4 is 5.32 Å². The van der Waals surface area contributed by atoms with Gasteiger partial charge in [0.25, 0.3) is 0 Å². The van der Waals surface area contributed by atoms with Crippen LogP contribution in [0.1, 0.15) is 41.0 Å². The fourth-order valence-electron chi connectivity index (χ4n) is 1.48. The van der Waals surface area contributed by atoms with E-state index in [9.17, 15) is 19.5 Å². The number of hydrogen-bond acceptors (Lipinski definition) is 6. The summed E-state index contributed by atoms with van der Waals surface area (Å²) >= 11 is 0. The third-order valence-electron chi connectivity index (χ3n) is 2.54. The monoisotopic (exact) mass is 303 g/mol. The molecule has 7 heteroatoms. The van der Waals surface area contributed by atoms with Gasteiger partial charge in [-0.2, -0.15) is 0 Å². The fourth-order valence-corrected chi connectivity index (χ4v) is 1.48. The van der Waals surface area contributed by atoms with Gasteiger partial charge >= 0.3 is 12.1 Å². The topological polar surface area (TPSA) is 102 Å². The Balaban J connectivity index is 4.79. The van der Waals surface area contributed by atoms with Crippen LogP contribution in [0.15, 0.2) is 0 Å². The first-order chi connectivity index (χ1) is 9.47. The van der Waals surface area contributed by atoms with Crippen LogP contribution in [0.5, 0.6) is 0 Å². The third-order valence-corrected chi connectivity index (χ3v) is 2.54. The predicted octanol–water partition coefficient (Wildman–Crippen LogP) is 1.03. The molecule has 0 aliphatic carbocycles. The summed E-state index contributed by atoms with van der Waals surface area (Å²) in [5, 5.41) is 12.0. The summed E-state index contributed by atoms with van der Waals surface area (Å²) in [4.78, 5) is 35.1. The van der Waals surface area contributed by atoms with Crippen molar-refractivity contribution in [3.8, 4) is 0 Å². The molecule has 2 atom stereocenters. The number of carbonyl (C=O) groups excluding carboxylic acids is 3. The first-order valence-electron chi connectivity index (χ1n) is 6.76. The maximum absolute atomic E-state index is 11.8. The van der Waals surface area contributed by atoms with Crippen molar-refractivity contribution in [1.29, 1.82) is 0 Å². The average molecular weight is 303 g/mol. The van der Waals surface area contributed by atoms with Crippen LogP contribution in [0.4, 0.5) is 4.79 Å². The number of carbonyl (C=O) groups is 3. The molecule has 0 aromatic rings. The molecule has 0 rings (SSSR count). The normalized spacial score (nSPS) is 14.3. The van der Waals surface area contributed by atoms with Gasteiger partial charge in [0, 0.05) is 6.42 Å². The number of methoxy groups -OCH3 is 1. The Morgan fingerprint density at radius 1 is 1.19 bits per heavy atom. The van der Waals surface area contributed by atoms with Crippen molar-refractivity contribution in [1.82, 2.24) is 5.32 Å². The van der Waals surface area contributed by atoms with Gasteiger partial charge in [-0.1, -0.05) is 13.8 Å². The minimum atomic E-state index is -1.20. The molecule has 0 spiro atoms. The predicted molar refractivity (Wildman–Crippen MR) is 75.6 cm³/mol. The summed E-state index contributed by atoms with van der Waals surface area (Å²) in [6.45, 7) is 8.38. The van der Waals surface area contributed by atoms with Crippen molar-refractivity contribution < 1.29 is 29.0 Å². The van der Waals surface area contributed by atoms with Gasteiger partial charge in [-0.15, -0.1) is 0 Å². The van der Waals surface area contributed by atoms with E-state index in [2.05, 4.69) is 10.1 Å². The van der Waals surface area contributed by atoms with Crippen LogP contribution in [0, 0.1) is 5.92 Å². The molecule has 1 unspecified atom stereocenters. The number of ether oxygens (including phenoxy) is 2. The summed E-state index contributed by atoms with van der Waals surface area (Å²) in [5.41, 5.74) is -0.730. The maximum atomic E-state index is 11.8. The van der Waals surface area contributed by atoms with Gasteiger partial charge in [0.05, 0.1) is 7.11 Å². The summed E-state index contributed by atoms with van der Waals surface area (Å²) in [6.07, 6.45) is -2.38. The van der Waals surface area contributed by atoms with Crippen LogP contribution in [-0.4, -0.2) is 47.8 Å². The van der Waals surface area contributed by atoms with Crippen LogP contribution >= 0.6 is 0 Å². The van der Waals surface area contributed by atoms with Gasteiger partial charge in [0.15, 0.2) is 5.78 Å². The second-order valence-corrected chi connectivity index (χ2v) is 6.08. The summed E-state index contributed by atoms with van der Waals surface area (Å²) in [7, 11) is 1.15. The number of Topliss-reactive ketones (excluding diaryl/α,β-unsaturated/α-hetero) is 1. The second kappa shape index (κ2) is 7.97. The SMILES string of the molecule is COC(=O)[C@H](CC(=O)C(O)C(C)C)NC(=O)OC(C)(C)C. The molecule has 0 aromatic heterocycles. The van der Waals surface area contributed by atoms with E-state index in [-0.39, 0.29) is 12.3 Å². The van der Waals surface area contributed by atoms with E-state index in [1.165, 1.54) is 0 Å². The minimum Gasteiger partial charge on any atom is -0.467 e. The van der Waals surface area contributed by atoms with Crippen LogP contribution in [0.25, 0.3) is 0 Å². The number of amides is 1. The molecular formula is C14H25NO6. The molecule has 0 saturated carbocycles. The highest BCUT2D eigenvalue weighted by Gasteiger charge is 2.30. The Kier molecular flexibility index (Phi) is 7.35. The van der Waals surface area contributed by atoms with E-state index in [1.54, 1.807) is 34.6 Å². The molecule has 0 aliphatic heterocycles. The van der Waals surface area contributed by atoms with Crippen LogP contribution in [0.2, 0.25) is 0 Å². The fraction of sp³-hybridized carbons (Fsp3) is 0.786. The van der Waals surface area contributed by atoms with E-state index in [1.807, 2.05) is 0 Å². The first kappa shape index (κ1) is 19.4. The number of alkyl carbamates (subject to hydrolysis) is 1. The Hall–Kier alpha value is -1.63. The number of aliphatic hydroxyl groups is 1. The molecule has 7 nitrogen and oxygen atoms in total. The Morgan fingerprint density at radius 2 is 1.71 bits per heavy atom. The number of aliphatic hydroxyl groups excluding tert-OH is 1. The lowest BCUT2D eigenvalue weighted by Gasteiger charge is -2.23. The van der Waals surface area contributed by atoms with Gasteiger partial charge < -0.3 is 19.9 Å². The maximum Gasteiger partial charge on any atom is 0.408 e. The summed E-state index contributed by atoms with van der Waals surface area (Å²) < 4.78 is 9.56. The first-order valence-corrected chi connectivity index (χ1v) is 6.76. The van der Waals surface area contributed by atoms with E-state index >= 15 is 0 Å². The van der Waals surface area contributed by atoms with E-state index in [0.717, 1.165) is 7.11 Å². The Morgan fingerprint density at radius 3 is 2.10 bits per heavy atom. The van der Waals surface area contributed by atoms with Crippen molar-refractivity contribution in [2.24, 2.45) is 5.92 Å². The molecule has 0 radical (unpaired) electrons. The van der Waals surface area contributed by atoms with Crippen molar-refractivity contribution in [3.63, 3.8) is 0 Å². The molecule has 122 valence electrons. The van der Waals surface area contributed by atoms with Gasteiger partial charge in [-0.3, -0.25) is 4.79 Å². The molecule has 2 N–H and O–H groups in total. The summed E-state index contributed by atoms with van der Waals surface area (Å²) in [6, 6.07) is -1.19. The third kappa shape index (κ3) is 7.65. The zero-order valence-electron chi connectivity index (χ0n) is 13.4. The number of rotatable bonds is 6. The molecule has 0 saturated heterocycles. The molecule has 1 amide bonds. The van der Waals surface area contributed by atoms with Gasteiger partial charge in [0.2, 0.25) is 0 Å². The van der Waals surface area contributed by atoms with E-state index in [0.29, 0.717) is 0 Å². The Bertz CT molecular complexity index is 385. The minimum absolute atomic E-state index is 0.280. The highest BCUT2D eigenvalue weighted by atomic mass is 16.6. The quantitative estimate of drug-likeness (QED) is 0.711. The van der Waals surface area contributed by atoms with E-state index < -0.39 is 35.6 Å². The van der Waals surface area contributed by atoms with Crippen molar-refractivity contribution in [3.05, 3.63) is 0 Å². The summed E-state index contributed by atoms with van der Waals surface area (Å²) in [5.74, 6) is -1.60. The molecular weight excluding hydrogens is 278 g/mol. The Labute approximate surface area is 125 Å². The number of ketones is 1. The average Bonchev–Trinajstić information content (AvgIpc) is 2.33. The molecule has 0 heterocycles. The molecule has 0 aliphatic rings. The smallest absolute Gasteiger partial charge is 0.408 e. The molecule has 21 heavy (non-hydrogen) atoms. The lowest BCUT2D eigenvalue weighted by Crippen LogP contribution is -2.46. The zero-order valence-corrected chi connectivity index (χ0v) is 13.4. The largest absolute Gasteiger partial charge is 0.467 e. The number of hydrogen-bond donors (Lipinski definition) is 2. The van der Waals surface area contributed by atoms with Gasteiger partial charge in [0.1, 0.15) is 17.7 Å². The highest BCUT2D eigenvalue weighted by Crippen LogP contribution is 2.10. The van der Waals surface area contributed by atoms with Gasteiger partial charge in [-0.05, 0) is 26.7 Å². The number of nitrogens with one attached hydrogen (secondary N) is 1. The second-order valence-electron chi connectivity index (χ2n) is 6.08. The molecule has 0 aromatic carbocycles. The number of esters is 1. The lowest BCUT2D eigenvalue weighted by atomic mass is 9.98. The standard InChI is InChI=1S/C14H25NO6/c1-8(2)11(17)10(16)7-9(12(18)20-6)15-13(19)21-14(3,4)5/h8-9,11,17H,7H2,1-6H3,(H,15,19)/t9-,11?/m0/s1. The van der Waals surface area contributed by atoms with Crippen molar-refractivity contribution >= 4 is 17.8 Å². The molecule has 0 bridgehead atoms. The van der Waals surface area contributed by atoms with E-state index in [4.69, 9.17) is 4.74 Å². The van der Waals surface area contributed by atoms with Gasteiger partial charge in [-0.25, -0.2) is 9.59 Å². The van der Waals surface area contributed by atoms with Crippen molar-refractivity contribution in [2.75, 3.05) is 7.11 Å². The zero-order chi connectivity index (χ0) is 16.8. The highest BCUT2D eigenvalue weighted by molar-refractivity contribution is 5.91. The lowest BCUT2D eigenvalue weighted by molar-refractivity contribution is -0.145.